The number of carbonyl (C=O) groups is 2. The summed E-state index contributed by atoms with van der Waals surface area (Å²) in [5, 5.41) is 0. The van der Waals surface area contributed by atoms with E-state index in [-0.39, 0.29) is 5.91 Å². The zero-order valence-corrected chi connectivity index (χ0v) is 12.4. The van der Waals surface area contributed by atoms with Crippen LogP contribution in [-0.4, -0.2) is 48.3 Å². The zero-order chi connectivity index (χ0) is 14.7. The summed E-state index contributed by atoms with van der Waals surface area (Å²) in [6, 6.07) is 6.11. The largest absolute Gasteiger partial charge is 0.342 e. The summed E-state index contributed by atoms with van der Waals surface area (Å²) in [7, 11) is 0. The zero-order valence-electron chi connectivity index (χ0n) is 12.4. The van der Waals surface area contributed by atoms with E-state index in [1.807, 2.05) is 24.0 Å². The van der Waals surface area contributed by atoms with Crippen LogP contribution in [0.5, 0.6) is 0 Å². The molecule has 4 nitrogen and oxygen atoms in total. The van der Waals surface area contributed by atoms with Gasteiger partial charge in [0.05, 0.1) is 0 Å². The van der Waals surface area contributed by atoms with Crippen molar-refractivity contribution in [2.45, 2.75) is 26.7 Å². The SMILES string of the molecule is Cc1ccc(C(C)C)cc1C(=O)N1CCN(C=O)CC1. The van der Waals surface area contributed by atoms with E-state index in [2.05, 4.69) is 19.9 Å². The van der Waals surface area contributed by atoms with Crippen LogP contribution >= 0.6 is 0 Å². The van der Waals surface area contributed by atoms with Crippen LogP contribution in [0.25, 0.3) is 0 Å². The molecule has 1 heterocycles. The van der Waals surface area contributed by atoms with Gasteiger partial charge >= 0.3 is 0 Å². The predicted octanol–water partition coefficient (Wildman–Crippen LogP) is 2.03. The monoisotopic (exact) mass is 274 g/mol. The molecule has 0 atom stereocenters. The van der Waals surface area contributed by atoms with Gasteiger partial charge in [-0.25, -0.2) is 0 Å². The average molecular weight is 274 g/mol. The first-order valence-corrected chi connectivity index (χ1v) is 7.12. The summed E-state index contributed by atoms with van der Waals surface area (Å²) in [6.07, 6.45) is 0.854. The van der Waals surface area contributed by atoms with E-state index in [0.717, 1.165) is 17.5 Å². The topological polar surface area (TPSA) is 40.6 Å². The minimum atomic E-state index is 0.0792. The molecule has 0 unspecified atom stereocenters. The van der Waals surface area contributed by atoms with E-state index in [9.17, 15) is 9.59 Å². The molecule has 0 N–H and O–H groups in total. The molecule has 4 heteroatoms. The highest BCUT2D eigenvalue weighted by atomic mass is 16.2. The molecule has 1 fully saturated rings. The Kier molecular flexibility index (Phi) is 4.42. The van der Waals surface area contributed by atoms with Gasteiger partial charge in [-0.1, -0.05) is 26.0 Å². The highest BCUT2D eigenvalue weighted by Gasteiger charge is 2.22. The van der Waals surface area contributed by atoms with Crippen molar-refractivity contribution in [3.05, 3.63) is 34.9 Å². The quantitative estimate of drug-likeness (QED) is 0.791. The number of hydrogen-bond acceptors (Lipinski definition) is 2. The fourth-order valence-electron chi connectivity index (χ4n) is 2.43. The molecule has 0 aromatic heterocycles. The van der Waals surface area contributed by atoms with E-state index >= 15 is 0 Å². The number of aryl methyl sites for hydroxylation is 1. The maximum Gasteiger partial charge on any atom is 0.254 e. The lowest BCUT2D eigenvalue weighted by Gasteiger charge is -2.33. The number of amides is 2. The van der Waals surface area contributed by atoms with Crippen molar-refractivity contribution in [2.75, 3.05) is 26.2 Å². The van der Waals surface area contributed by atoms with Crippen molar-refractivity contribution in [2.24, 2.45) is 0 Å². The summed E-state index contributed by atoms with van der Waals surface area (Å²) >= 11 is 0. The summed E-state index contributed by atoms with van der Waals surface area (Å²) in [5.74, 6) is 0.490. The first-order valence-electron chi connectivity index (χ1n) is 7.12. The Labute approximate surface area is 120 Å². The third-order valence-electron chi connectivity index (χ3n) is 3.91. The third kappa shape index (κ3) is 3.00. The summed E-state index contributed by atoms with van der Waals surface area (Å²) < 4.78 is 0. The Morgan fingerprint density at radius 1 is 1.20 bits per heavy atom. The molecule has 0 bridgehead atoms. The molecule has 1 saturated heterocycles. The van der Waals surface area contributed by atoms with E-state index in [1.54, 1.807) is 4.90 Å². The van der Waals surface area contributed by atoms with Gasteiger partial charge in [-0.05, 0) is 30.0 Å². The smallest absolute Gasteiger partial charge is 0.254 e. The second-order valence-corrected chi connectivity index (χ2v) is 5.66. The van der Waals surface area contributed by atoms with Crippen molar-refractivity contribution in [3.63, 3.8) is 0 Å². The lowest BCUT2D eigenvalue weighted by Crippen LogP contribution is -2.48. The molecule has 0 aliphatic carbocycles. The van der Waals surface area contributed by atoms with E-state index in [4.69, 9.17) is 0 Å². The number of rotatable bonds is 3. The van der Waals surface area contributed by atoms with Crippen LogP contribution in [0.2, 0.25) is 0 Å². The molecule has 0 saturated carbocycles. The van der Waals surface area contributed by atoms with Gasteiger partial charge in [0, 0.05) is 31.7 Å². The lowest BCUT2D eigenvalue weighted by molar-refractivity contribution is -0.119. The molecular formula is C16H22N2O2. The third-order valence-corrected chi connectivity index (χ3v) is 3.91. The first-order chi connectivity index (χ1) is 9.52. The van der Waals surface area contributed by atoms with Crippen molar-refractivity contribution in [3.8, 4) is 0 Å². The highest BCUT2D eigenvalue weighted by molar-refractivity contribution is 5.96. The molecule has 1 aliphatic heterocycles. The number of benzene rings is 1. The van der Waals surface area contributed by atoms with Crippen LogP contribution < -0.4 is 0 Å². The van der Waals surface area contributed by atoms with Crippen LogP contribution in [0.1, 0.15) is 41.3 Å². The van der Waals surface area contributed by atoms with Gasteiger partial charge in [-0.15, -0.1) is 0 Å². The normalized spacial score (nSPS) is 15.6. The van der Waals surface area contributed by atoms with Gasteiger partial charge in [0.2, 0.25) is 6.41 Å². The van der Waals surface area contributed by atoms with E-state index in [0.29, 0.717) is 32.1 Å². The van der Waals surface area contributed by atoms with Gasteiger partial charge in [-0.2, -0.15) is 0 Å². The van der Waals surface area contributed by atoms with Crippen LogP contribution in [0.4, 0.5) is 0 Å². The fraction of sp³-hybridized carbons (Fsp3) is 0.500. The number of nitrogens with zero attached hydrogens (tertiary/aromatic N) is 2. The van der Waals surface area contributed by atoms with Gasteiger partial charge in [0.25, 0.3) is 5.91 Å². The molecule has 1 aromatic rings. The van der Waals surface area contributed by atoms with Crippen molar-refractivity contribution >= 4 is 12.3 Å². The second-order valence-electron chi connectivity index (χ2n) is 5.66. The molecule has 0 radical (unpaired) electrons. The first kappa shape index (κ1) is 14.6. The minimum absolute atomic E-state index is 0.0792. The predicted molar refractivity (Wildman–Crippen MR) is 78.8 cm³/mol. The summed E-state index contributed by atoms with van der Waals surface area (Å²) in [6.45, 7) is 8.70. The molecule has 20 heavy (non-hydrogen) atoms. The average Bonchev–Trinajstić information content (AvgIpc) is 2.47. The number of hydrogen-bond donors (Lipinski definition) is 0. The van der Waals surface area contributed by atoms with Gasteiger partial charge in [0.15, 0.2) is 0 Å². The van der Waals surface area contributed by atoms with Crippen molar-refractivity contribution in [1.29, 1.82) is 0 Å². The van der Waals surface area contributed by atoms with Crippen LogP contribution in [0.15, 0.2) is 18.2 Å². The minimum Gasteiger partial charge on any atom is -0.342 e. The van der Waals surface area contributed by atoms with Gasteiger partial charge < -0.3 is 9.80 Å². The molecule has 0 spiro atoms. The highest BCUT2D eigenvalue weighted by Crippen LogP contribution is 2.20. The van der Waals surface area contributed by atoms with E-state index in [1.165, 1.54) is 5.56 Å². The lowest BCUT2D eigenvalue weighted by atomic mass is 9.97. The number of piperazine rings is 1. The standard InChI is InChI=1S/C16H22N2O2/c1-12(2)14-5-4-13(3)15(10-14)16(20)18-8-6-17(11-19)7-9-18/h4-5,10-12H,6-9H2,1-3H3. The van der Waals surface area contributed by atoms with Crippen molar-refractivity contribution in [1.82, 2.24) is 9.80 Å². The fourth-order valence-corrected chi connectivity index (χ4v) is 2.43. The van der Waals surface area contributed by atoms with Crippen molar-refractivity contribution < 1.29 is 9.59 Å². The molecule has 108 valence electrons. The summed E-state index contributed by atoms with van der Waals surface area (Å²) in [5.41, 5.74) is 2.98. The Morgan fingerprint density at radius 2 is 1.85 bits per heavy atom. The van der Waals surface area contributed by atoms with Gasteiger partial charge in [-0.3, -0.25) is 9.59 Å². The molecular weight excluding hydrogens is 252 g/mol. The number of carbonyl (C=O) groups excluding carboxylic acids is 2. The Bertz CT molecular complexity index is 503. The molecule has 2 rings (SSSR count). The Hall–Kier alpha value is -1.84. The molecule has 1 aliphatic rings. The maximum atomic E-state index is 12.6. The second kappa shape index (κ2) is 6.07. The summed E-state index contributed by atoms with van der Waals surface area (Å²) in [4.78, 5) is 26.9. The van der Waals surface area contributed by atoms with Crippen LogP contribution in [-0.2, 0) is 4.79 Å². The van der Waals surface area contributed by atoms with Crippen LogP contribution in [0.3, 0.4) is 0 Å². The van der Waals surface area contributed by atoms with Crippen LogP contribution in [0, 0.1) is 6.92 Å². The maximum absolute atomic E-state index is 12.6. The molecule has 2 amide bonds. The Balaban J connectivity index is 2.17. The van der Waals surface area contributed by atoms with E-state index < -0.39 is 0 Å². The Morgan fingerprint density at radius 3 is 2.40 bits per heavy atom. The molecule has 1 aromatic carbocycles. The van der Waals surface area contributed by atoms with Gasteiger partial charge in [0.1, 0.15) is 0 Å².